The summed E-state index contributed by atoms with van der Waals surface area (Å²) in [7, 11) is 0. The monoisotopic (exact) mass is 313 g/mol. The summed E-state index contributed by atoms with van der Waals surface area (Å²) in [5, 5.41) is 12.0. The van der Waals surface area contributed by atoms with Crippen molar-refractivity contribution >= 4 is 22.7 Å². The molecule has 0 amide bonds. The molecule has 1 N–H and O–H groups in total. The Morgan fingerprint density at radius 1 is 1.27 bits per heavy atom. The van der Waals surface area contributed by atoms with Crippen LogP contribution < -0.4 is 0 Å². The topological polar surface area (TPSA) is 48.7 Å². The van der Waals surface area contributed by atoms with E-state index in [0.717, 1.165) is 10.7 Å². The molecule has 0 radical (unpaired) electrons. The van der Waals surface area contributed by atoms with Gasteiger partial charge in [-0.15, -0.1) is 0 Å². The highest BCUT2D eigenvalue weighted by Crippen LogP contribution is 2.39. The molecule has 22 heavy (non-hydrogen) atoms. The minimum absolute atomic E-state index is 0.565. The van der Waals surface area contributed by atoms with E-state index >= 15 is 0 Å². The Hall–Kier alpha value is -1.85. The lowest BCUT2D eigenvalue weighted by atomic mass is 10.0. The molecule has 2 aromatic rings. The quantitative estimate of drug-likeness (QED) is 0.944. The first kappa shape index (κ1) is 15.1. The van der Waals surface area contributed by atoms with Crippen molar-refractivity contribution < 1.29 is 5.11 Å². The van der Waals surface area contributed by atoms with Crippen LogP contribution in [0.3, 0.4) is 0 Å². The highest BCUT2D eigenvalue weighted by atomic mass is 32.2. The Morgan fingerprint density at radius 2 is 2.05 bits per heavy atom. The Labute approximate surface area is 134 Å². The van der Waals surface area contributed by atoms with E-state index in [9.17, 15) is 5.11 Å². The SMILES string of the molecule is CCN1C(=Nc2ccccn2)SCC1(O)c1ccc(C)cc1. The van der Waals surface area contributed by atoms with E-state index in [0.29, 0.717) is 18.1 Å². The zero-order chi connectivity index (χ0) is 15.6. The molecule has 0 saturated carbocycles. The number of thioether (sulfide) groups is 1. The maximum atomic E-state index is 11.2. The van der Waals surface area contributed by atoms with Gasteiger partial charge in [-0.3, -0.25) is 0 Å². The molecule has 5 heteroatoms. The number of benzene rings is 1. The average Bonchev–Trinajstić information content (AvgIpc) is 2.86. The molecule has 1 aliphatic heterocycles. The van der Waals surface area contributed by atoms with Gasteiger partial charge in [0.1, 0.15) is 0 Å². The Kier molecular flexibility index (Phi) is 4.18. The standard InChI is InChI=1S/C17H19N3OS/c1-3-20-16(19-15-6-4-5-11-18-15)22-12-17(20,21)14-9-7-13(2)8-10-14/h4-11,21H,3,12H2,1-2H3. The smallest absolute Gasteiger partial charge is 0.175 e. The van der Waals surface area contributed by atoms with Gasteiger partial charge in [0.05, 0.1) is 5.75 Å². The second-order valence-corrected chi connectivity index (χ2v) is 6.24. The van der Waals surface area contributed by atoms with Gasteiger partial charge >= 0.3 is 0 Å². The minimum Gasteiger partial charge on any atom is -0.366 e. The highest BCUT2D eigenvalue weighted by molar-refractivity contribution is 8.14. The fourth-order valence-electron chi connectivity index (χ4n) is 2.55. The number of nitrogens with zero attached hydrogens (tertiary/aromatic N) is 3. The molecule has 3 rings (SSSR count). The van der Waals surface area contributed by atoms with E-state index in [1.54, 1.807) is 18.0 Å². The molecule has 2 heterocycles. The molecular weight excluding hydrogens is 294 g/mol. The second kappa shape index (κ2) is 6.10. The molecule has 1 aromatic heterocycles. The van der Waals surface area contributed by atoms with E-state index in [4.69, 9.17) is 0 Å². The lowest BCUT2D eigenvalue weighted by Gasteiger charge is -2.33. The maximum Gasteiger partial charge on any atom is 0.175 e. The number of aryl methyl sites for hydroxylation is 1. The molecule has 1 fully saturated rings. The summed E-state index contributed by atoms with van der Waals surface area (Å²) in [6.07, 6.45) is 1.72. The summed E-state index contributed by atoms with van der Waals surface area (Å²) in [5.74, 6) is 1.23. The van der Waals surface area contributed by atoms with E-state index < -0.39 is 5.72 Å². The van der Waals surface area contributed by atoms with Crippen molar-refractivity contribution in [1.29, 1.82) is 0 Å². The zero-order valence-electron chi connectivity index (χ0n) is 12.7. The van der Waals surface area contributed by atoms with Gasteiger partial charge in [0.15, 0.2) is 16.7 Å². The lowest BCUT2D eigenvalue weighted by molar-refractivity contribution is -0.0452. The number of aromatic nitrogens is 1. The van der Waals surface area contributed by atoms with Gasteiger partial charge in [0.2, 0.25) is 0 Å². The van der Waals surface area contributed by atoms with Crippen molar-refractivity contribution in [3.63, 3.8) is 0 Å². The van der Waals surface area contributed by atoms with Crippen LogP contribution in [0.25, 0.3) is 0 Å². The third kappa shape index (κ3) is 2.74. The Bertz CT molecular complexity index is 672. The molecular formula is C17H19N3OS. The van der Waals surface area contributed by atoms with Crippen molar-refractivity contribution in [2.45, 2.75) is 19.6 Å². The van der Waals surface area contributed by atoms with Crippen LogP contribution in [0.15, 0.2) is 53.7 Å². The van der Waals surface area contributed by atoms with Crippen LogP contribution in [0.1, 0.15) is 18.1 Å². The normalized spacial score (nSPS) is 23.2. The van der Waals surface area contributed by atoms with E-state index in [2.05, 4.69) is 9.98 Å². The van der Waals surface area contributed by atoms with Crippen LogP contribution in [-0.4, -0.2) is 32.5 Å². The summed E-state index contributed by atoms with van der Waals surface area (Å²) in [6, 6.07) is 13.7. The van der Waals surface area contributed by atoms with Crippen molar-refractivity contribution in [2.24, 2.45) is 4.99 Å². The van der Waals surface area contributed by atoms with Gasteiger partial charge in [-0.25, -0.2) is 9.98 Å². The summed E-state index contributed by atoms with van der Waals surface area (Å²) in [6.45, 7) is 4.75. The number of aliphatic imine (C=N–C) groups is 1. The van der Waals surface area contributed by atoms with Crippen molar-refractivity contribution in [3.8, 4) is 0 Å². The molecule has 0 aliphatic carbocycles. The van der Waals surface area contributed by atoms with Crippen LogP contribution in [0.5, 0.6) is 0 Å². The summed E-state index contributed by atoms with van der Waals surface area (Å²) >= 11 is 1.56. The van der Waals surface area contributed by atoms with Gasteiger partial charge in [-0.2, -0.15) is 0 Å². The third-order valence-corrected chi connectivity index (χ3v) is 4.89. The van der Waals surface area contributed by atoms with Crippen LogP contribution in [0.2, 0.25) is 0 Å². The predicted molar refractivity (Wildman–Crippen MR) is 91.2 cm³/mol. The van der Waals surface area contributed by atoms with Crippen molar-refractivity contribution in [3.05, 3.63) is 59.8 Å². The van der Waals surface area contributed by atoms with E-state index in [1.807, 2.05) is 61.2 Å². The predicted octanol–water partition coefficient (Wildman–Crippen LogP) is 3.29. The van der Waals surface area contributed by atoms with Gasteiger partial charge < -0.3 is 10.0 Å². The maximum absolute atomic E-state index is 11.2. The van der Waals surface area contributed by atoms with E-state index in [-0.39, 0.29) is 0 Å². The van der Waals surface area contributed by atoms with Gasteiger partial charge in [-0.1, -0.05) is 47.7 Å². The summed E-state index contributed by atoms with van der Waals surface area (Å²) in [4.78, 5) is 10.8. The molecule has 1 aliphatic rings. The second-order valence-electron chi connectivity index (χ2n) is 5.30. The number of aliphatic hydroxyl groups is 1. The Morgan fingerprint density at radius 3 is 2.68 bits per heavy atom. The fourth-order valence-corrected chi connectivity index (χ4v) is 3.79. The third-order valence-electron chi connectivity index (χ3n) is 3.77. The number of hydrogen-bond acceptors (Lipinski definition) is 4. The van der Waals surface area contributed by atoms with Crippen LogP contribution in [0.4, 0.5) is 5.82 Å². The molecule has 1 aromatic carbocycles. The molecule has 0 bridgehead atoms. The number of rotatable bonds is 3. The van der Waals surface area contributed by atoms with Crippen molar-refractivity contribution in [2.75, 3.05) is 12.3 Å². The highest BCUT2D eigenvalue weighted by Gasteiger charge is 2.43. The number of hydrogen-bond donors (Lipinski definition) is 1. The zero-order valence-corrected chi connectivity index (χ0v) is 13.5. The molecule has 1 atom stereocenters. The van der Waals surface area contributed by atoms with Crippen LogP contribution in [0, 0.1) is 6.92 Å². The largest absolute Gasteiger partial charge is 0.366 e. The lowest BCUT2D eigenvalue weighted by Crippen LogP contribution is -2.44. The fraction of sp³-hybridized carbons (Fsp3) is 0.294. The molecule has 0 spiro atoms. The van der Waals surface area contributed by atoms with Crippen molar-refractivity contribution in [1.82, 2.24) is 9.88 Å². The first-order chi connectivity index (χ1) is 10.6. The molecule has 1 saturated heterocycles. The summed E-state index contributed by atoms with van der Waals surface area (Å²) < 4.78 is 0. The average molecular weight is 313 g/mol. The number of amidine groups is 1. The van der Waals surface area contributed by atoms with Gasteiger partial charge in [0.25, 0.3) is 0 Å². The van der Waals surface area contributed by atoms with E-state index in [1.165, 1.54) is 5.56 Å². The summed E-state index contributed by atoms with van der Waals surface area (Å²) in [5.41, 5.74) is 1.07. The number of pyridine rings is 1. The van der Waals surface area contributed by atoms with Crippen LogP contribution >= 0.6 is 11.8 Å². The molecule has 114 valence electrons. The minimum atomic E-state index is -1.01. The molecule has 4 nitrogen and oxygen atoms in total. The Balaban J connectivity index is 1.95. The first-order valence-electron chi connectivity index (χ1n) is 7.33. The van der Waals surface area contributed by atoms with Gasteiger partial charge in [-0.05, 0) is 26.0 Å². The molecule has 1 unspecified atom stereocenters. The van der Waals surface area contributed by atoms with Gasteiger partial charge in [0, 0.05) is 18.3 Å². The first-order valence-corrected chi connectivity index (χ1v) is 8.32. The van der Waals surface area contributed by atoms with Crippen LogP contribution in [-0.2, 0) is 5.72 Å².